The van der Waals surface area contributed by atoms with Crippen LogP contribution in [0.25, 0.3) is 10.9 Å². The van der Waals surface area contributed by atoms with Crippen LogP contribution in [-0.4, -0.2) is 54.7 Å². The van der Waals surface area contributed by atoms with Crippen LogP contribution in [0.2, 0.25) is 0 Å². The highest BCUT2D eigenvalue weighted by Gasteiger charge is 2.31. The number of fused-ring (bicyclic) bond motifs is 1. The first-order valence-corrected chi connectivity index (χ1v) is 11.0. The molecule has 0 radical (unpaired) electrons. The number of carbonyl (C=O) groups is 1. The highest BCUT2D eigenvalue weighted by Crippen LogP contribution is 2.22. The fourth-order valence-corrected chi connectivity index (χ4v) is 5.11. The van der Waals surface area contributed by atoms with Gasteiger partial charge in [-0.2, -0.15) is 4.31 Å². The molecule has 1 aliphatic heterocycles. The van der Waals surface area contributed by atoms with Gasteiger partial charge in [0.1, 0.15) is 0 Å². The second kappa shape index (κ2) is 7.57. The number of carbonyl (C=O) groups excluding carboxylic acids is 1. The molecule has 0 aliphatic carbocycles. The number of nitrogens with zero attached hydrogens (tertiary/aromatic N) is 3. The van der Waals surface area contributed by atoms with Crippen LogP contribution in [0.1, 0.15) is 21.5 Å². The van der Waals surface area contributed by atoms with Crippen LogP contribution in [0.5, 0.6) is 0 Å². The van der Waals surface area contributed by atoms with Gasteiger partial charge in [0.25, 0.3) is 5.91 Å². The quantitative estimate of drug-likeness (QED) is 0.667. The molecule has 0 bridgehead atoms. The van der Waals surface area contributed by atoms with Gasteiger partial charge in [-0.1, -0.05) is 24.3 Å². The number of benzene rings is 2. The first kappa shape index (κ1) is 19.5. The van der Waals surface area contributed by atoms with Gasteiger partial charge in [0.2, 0.25) is 10.0 Å². The maximum absolute atomic E-state index is 13.0. The Balaban J connectivity index is 1.51. The smallest absolute Gasteiger partial charge is 0.256 e. The van der Waals surface area contributed by atoms with Crippen molar-refractivity contribution in [3.8, 4) is 0 Å². The molecular formula is C22H23N3O3S. The number of pyridine rings is 1. The molecule has 4 rings (SSSR count). The largest absolute Gasteiger partial charge is 0.336 e. The lowest BCUT2D eigenvalue weighted by atomic mass is 10.1. The number of rotatable bonds is 3. The molecule has 7 heteroatoms. The van der Waals surface area contributed by atoms with Gasteiger partial charge in [0, 0.05) is 37.8 Å². The molecule has 0 N–H and O–H groups in total. The van der Waals surface area contributed by atoms with E-state index in [2.05, 4.69) is 4.98 Å². The summed E-state index contributed by atoms with van der Waals surface area (Å²) >= 11 is 0. The third kappa shape index (κ3) is 3.63. The van der Waals surface area contributed by atoms with Crippen molar-refractivity contribution in [2.45, 2.75) is 18.7 Å². The number of aromatic nitrogens is 1. The lowest BCUT2D eigenvalue weighted by Crippen LogP contribution is -2.50. The molecule has 2 heterocycles. The summed E-state index contributed by atoms with van der Waals surface area (Å²) in [6, 6.07) is 14.5. The third-order valence-electron chi connectivity index (χ3n) is 5.51. The molecule has 0 spiro atoms. The molecule has 29 heavy (non-hydrogen) atoms. The Labute approximate surface area is 170 Å². The molecule has 1 aliphatic rings. The van der Waals surface area contributed by atoms with Crippen molar-refractivity contribution in [2.24, 2.45) is 0 Å². The zero-order chi connectivity index (χ0) is 20.6. The first-order chi connectivity index (χ1) is 13.9. The van der Waals surface area contributed by atoms with Gasteiger partial charge in [-0.05, 0) is 49.2 Å². The van der Waals surface area contributed by atoms with E-state index in [-0.39, 0.29) is 19.0 Å². The van der Waals surface area contributed by atoms with Gasteiger partial charge >= 0.3 is 0 Å². The SMILES string of the molecule is Cc1ccc(S(=O)(=O)N2CCN(C(=O)c3cccc4cccnc34)CC2)cc1C. The lowest BCUT2D eigenvalue weighted by Gasteiger charge is -2.34. The number of amides is 1. The maximum atomic E-state index is 13.0. The average molecular weight is 410 g/mol. The average Bonchev–Trinajstić information content (AvgIpc) is 2.74. The Hall–Kier alpha value is -2.77. The number of hydrogen-bond donors (Lipinski definition) is 0. The summed E-state index contributed by atoms with van der Waals surface area (Å²) in [5.74, 6) is -0.113. The van der Waals surface area contributed by atoms with E-state index in [0.29, 0.717) is 29.1 Å². The van der Waals surface area contributed by atoms with Crippen molar-refractivity contribution in [2.75, 3.05) is 26.2 Å². The van der Waals surface area contributed by atoms with Crippen molar-refractivity contribution in [3.63, 3.8) is 0 Å². The first-order valence-electron chi connectivity index (χ1n) is 9.58. The number of para-hydroxylation sites is 1. The highest BCUT2D eigenvalue weighted by molar-refractivity contribution is 7.89. The van der Waals surface area contributed by atoms with Gasteiger partial charge < -0.3 is 4.90 Å². The van der Waals surface area contributed by atoms with E-state index in [0.717, 1.165) is 16.5 Å². The van der Waals surface area contributed by atoms with Crippen molar-refractivity contribution in [1.29, 1.82) is 0 Å². The molecule has 2 aromatic carbocycles. The standard InChI is InChI=1S/C22H23N3O3S/c1-16-8-9-19(15-17(16)2)29(27,28)25-13-11-24(12-14-25)22(26)20-7-3-5-18-6-4-10-23-21(18)20/h3-10,15H,11-14H2,1-2H3. The molecule has 6 nitrogen and oxygen atoms in total. The summed E-state index contributed by atoms with van der Waals surface area (Å²) in [6.45, 7) is 5.12. The van der Waals surface area contributed by atoms with Crippen LogP contribution in [0.4, 0.5) is 0 Å². The minimum atomic E-state index is -3.57. The Morgan fingerprint density at radius 3 is 2.38 bits per heavy atom. The highest BCUT2D eigenvalue weighted by atomic mass is 32.2. The summed E-state index contributed by atoms with van der Waals surface area (Å²) in [5, 5.41) is 0.911. The number of hydrogen-bond acceptors (Lipinski definition) is 4. The van der Waals surface area contributed by atoms with Gasteiger partial charge in [0.15, 0.2) is 0 Å². The minimum absolute atomic E-state index is 0.113. The predicted molar refractivity (Wildman–Crippen MR) is 112 cm³/mol. The monoisotopic (exact) mass is 409 g/mol. The van der Waals surface area contributed by atoms with Crippen molar-refractivity contribution < 1.29 is 13.2 Å². The van der Waals surface area contributed by atoms with E-state index in [4.69, 9.17) is 0 Å². The molecule has 150 valence electrons. The second-order valence-electron chi connectivity index (χ2n) is 7.32. The fraction of sp³-hybridized carbons (Fsp3) is 0.273. The van der Waals surface area contributed by atoms with Crippen LogP contribution in [-0.2, 0) is 10.0 Å². The van der Waals surface area contributed by atoms with Gasteiger partial charge in [-0.15, -0.1) is 0 Å². The molecule has 3 aromatic rings. The Morgan fingerprint density at radius 1 is 0.931 bits per heavy atom. The lowest BCUT2D eigenvalue weighted by molar-refractivity contribution is 0.0699. The Bertz CT molecular complexity index is 1180. The molecule has 1 aromatic heterocycles. The predicted octanol–water partition coefficient (Wildman–Crippen LogP) is 3.00. The van der Waals surface area contributed by atoms with Crippen LogP contribution in [0.3, 0.4) is 0 Å². The summed E-state index contributed by atoms with van der Waals surface area (Å²) in [5.41, 5.74) is 3.23. The van der Waals surface area contributed by atoms with E-state index in [1.807, 2.05) is 44.2 Å². The molecule has 1 amide bonds. The van der Waals surface area contributed by atoms with Gasteiger partial charge in [-0.3, -0.25) is 9.78 Å². The second-order valence-corrected chi connectivity index (χ2v) is 9.26. The topological polar surface area (TPSA) is 70.6 Å². The van der Waals surface area contributed by atoms with Crippen molar-refractivity contribution in [1.82, 2.24) is 14.2 Å². The summed E-state index contributed by atoms with van der Waals surface area (Å²) in [7, 11) is -3.57. The molecule has 0 atom stereocenters. The molecular weight excluding hydrogens is 386 g/mol. The molecule has 0 saturated carbocycles. The molecule has 1 fully saturated rings. The minimum Gasteiger partial charge on any atom is -0.336 e. The summed E-state index contributed by atoms with van der Waals surface area (Å²) in [6.07, 6.45) is 1.67. The van der Waals surface area contributed by atoms with Gasteiger partial charge in [-0.25, -0.2) is 8.42 Å². The molecule has 0 unspecified atom stereocenters. The van der Waals surface area contributed by atoms with Gasteiger partial charge in [0.05, 0.1) is 16.0 Å². The number of aryl methyl sites for hydroxylation is 2. The van der Waals surface area contributed by atoms with Crippen LogP contribution in [0.15, 0.2) is 59.6 Å². The summed E-state index contributed by atoms with van der Waals surface area (Å²) in [4.78, 5) is 19.4. The molecule has 1 saturated heterocycles. The van der Waals surface area contributed by atoms with E-state index in [1.54, 1.807) is 29.3 Å². The Morgan fingerprint density at radius 2 is 1.66 bits per heavy atom. The van der Waals surface area contributed by atoms with Crippen molar-refractivity contribution >= 4 is 26.8 Å². The van der Waals surface area contributed by atoms with E-state index < -0.39 is 10.0 Å². The van der Waals surface area contributed by atoms with Crippen LogP contribution >= 0.6 is 0 Å². The zero-order valence-electron chi connectivity index (χ0n) is 16.5. The Kier molecular flexibility index (Phi) is 5.10. The fourth-order valence-electron chi connectivity index (χ4n) is 3.60. The van der Waals surface area contributed by atoms with E-state index in [1.165, 1.54) is 4.31 Å². The van der Waals surface area contributed by atoms with Crippen LogP contribution in [0, 0.1) is 13.8 Å². The number of sulfonamides is 1. The van der Waals surface area contributed by atoms with Crippen LogP contribution < -0.4 is 0 Å². The summed E-state index contributed by atoms with van der Waals surface area (Å²) < 4.78 is 27.4. The normalized spacial score (nSPS) is 15.6. The van der Waals surface area contributed by atoms with Crippen molar-refractivity contribution in [3.05, 3.63) is 71.4 Å². The maximum Gasteiger partial charge on any atom is 0.256 e. The zero-order valence-corrected chi connectivity index (χ0v) is 17.3. The van der Waals surface area contributed by atoms with E-state index >= 15 is 0 Å². The van der Waals surface area contributed by atoms with E-state index in [9.17, 15) is 13.2 Å². The third-order valence-corrected chi connectivity index (χ3v) is 7.40. The number of piperazine rings is 1.